The van der Waals surface area contributed by atoms with Crippen molar-refractivity contribution in [1.82, 2.24) is 5.32 Å². The van der Waals surface area contributed by atoms with Crippen molar-refractivity contribution in [2.24, 2.45) is 0 Å². The third-order valence-corrected chi connectivity index (χ3v) is 8.14. The lowest BCUT2D eigenvalue weighted by atomic mass is 9.72. The first-order valence-corrected chi connectivity index (χ1v) is 13.1. The van der Waals surface area contributed by atoms with Crippen LogP contribution >= 0.6 is 0 Å². The molecule has 0 spiro atoms. The maximum absolute atomic E-state index is 13.0. The van der Waals surface area contributed by atoms with Gasteiger partial charge >= 0.3 is 0 Å². The second-order valence-electron chi connectivity index (χ2n) is 9.14. The largest absolute Gasteiger partial charge is 0.296 e. The standard InChI is InChI=1S/C27H29N3O4S/c1-5-27(15-14-25(31)28-26(27)32)21-6-8-22(9-7-21)29-35(33,34)24-12-10-23(11-13-24)30-19(3)16-18(2)17-20(30)4/h6-13,16-17,29H,5,14-15H2,1-4H3/p+1. The Balaban J connectivity index is 1.55. The molecule has 2 amide bonds. The van der Waals surface area contributed by atoms with E-state index in [1.54, 1.807) is 48.5 Å². The highest BCUT2D eigenvalue weighted by molar-refractivity contribution is 7.92. The Bertz CT molecular complexity index is 1370. The number of sulfonamides is 1. The lowest BCUT2D eigenvalue weighted by Gasteiger charge is -2.35. The molecule has 1 aliphatic rings. The number of nitrogens with zero attached hydrogens (tertiary/aromatic N) is 1. The molecule has 0 radical (unpaired) electrons. The van der Waals surface area contributed by atoms with E-state index < -0.39 is 15.4 Å². The molecule has 1 aromatic heterocycles. The van der Waals surface area contributed by atoms with Gasteiger partial charge in [-0.3, -0.25) is 19.6 Å². The predicted octanol–water partition coefficient (Wildman–Crippen LogP) is 3.77. The summed E-state index contributed by atoms with van der Waals surface area (Å²) in [5.41, 5.74) is 4.57. The van der Waals surface area contributed by atoms with Gasteiger partial charge in [0, 0.05) is 50.2 Å². The minimum Gasteiger partial charge on any atom is -0.296 e. The molecule has 1 unspecified atom stereocenters. The maximum Gasteiger partial charge on any atom is 0.261 e. The van der Waals surface area contributed by atoms with Gasteiger partial charge in [-0.2, -0.15) is 4.57 Å². The zero-order chi connectivity index (χ0) is 25.4. The van der Waals surface area contributed by atoms with Crippen LogP contribution < -0.4 is 14.6 Å². The van der Waals surface area contributed by atoms with Crippen LogP contribution in [0.25, 0.3) is 5.69 Å². The van der Waals surface area contributed by atoms with Crippen LogP contribution in [0.3, 0.4) is 0 Å². The number of amides is 2. The van der Waals surface area contributed by atoms with E-state index in [-0.39, 0.29) is 23.1 Å². The van der Waals surface area contributed by atoms with Crippen LogP contribution in [0.15, 0.2) is 65.6 Å². The predicted molar refractivity (Wildman–Crippen MR) is 134 cm³/mol. The Labute approximate surface area is 206 Å². The zero-order valence-corrected chi connectivity index (χ0v) is 21.2. The van der Waals surface area contributed by atoms with Gasteiger partial charge in [-0.1, -0.05) is 19.1 Å². The SMILES string of the molecule is CCC1(c2ccc(NS(=O)(=O)c3ccc(-[n+]4c(C)cc(C)cc4C)cc3)cc2)CCC(=O)NC1=O. The van der Waals surface area contributed by atoms with E-state index in [9.17, 15) is 18.0 Å². The summed E-state index contributed by atoms with van der Waals surface area (Å²) in [5.74, 6) is -0.567. The molecule has 2 aromatic carbocycles. The molecule has 182 valence electrons. The number of anilines is 1. The number of hydrogen-bond donors (Lipinski definition) is 2. The minimum absolute atomic E-state index is 0.156. The van der Waals surface area contributed by atoms with E-state index in [2.05, 4.69) is 26.7 Å². The second-order valence-corrected chi connectivity index (χ2v) is 10.8. The highest BCUT2D eigenvalue weighted by Crippen LogP contribution is 2.36. The lowest BCUT2D eigenvalue weighted by Crippen LogP contribution is -2.51. The van der Waals surface area contributed by atoms with Crippen molar-refractivity contribution in [1.29, 1.82) is 0 Å². The number of aromatic nitrogens is 1. The topological polar surface area (TPSA) is 96.2 Å². The fourth-order valence-electron chi connectivity index (χ4n) is 4.93. The molecule has 1 atom stereocenters. The average molecular weight is 493 g/mol. The number of imide groups is 1. The van der Waals surface area contributed by atoms with Crippen LogP contribution in [0.5, 0.6) is 0 Å². The first kappa shape index (κ1) is 24.6. The van der Waals surface area contributed by atoms with Crippen molar-refractivity contribution < 1.29 is 22.6 Å². The molecule has 1 fully saturated rings. The molecule has 0 saturated carbocycles. The van der Waals surface area contributed by atoms with Gasteiger partial charge in [0.15, 0.2) is 11.4 Å². The maximum atomic E-state index is 13.0. The first-order chi connectivity index (χ1) is 16.6. The van der Waals surface area contributed by atoms with E-state index in [1.165, 1.54) is 5.56 Å². The van der Waals surface area contributed by atoms with Gasteiger partial charge in [-0.15, -0.1) is 0 Å². The van der Waals surface area contributed by atoms with Crippen molar-refractivity contribution >= 4 is 27.5 Å². The Hall–Kier alpha value is -3.52. The molecule has 7 nitrogen and oxygen atoms in total. The molecule has 3 aromatic rings. The minimum atomic E-state index is -3.80. The number of carbonyl (C=O) groups excluding carboxylic acids is 2. The van der Waals surface area contributed by atoms with Crippen LogP contribution in [-0.2, 0) is 25.0 Å². The lowest BCUT2D eigenvalue weighted by molar-refractivity contribution is -0.609. The fraction of sp³-hybridized carbons (Fsp3) is 0.296. The van der Waals surface area contributed by atoms with Crippen molar-refractivity contribution in [3.8, 4) is 5.69 Å². The van der Waals surface area contributed by atoms with E-state index in [4.69, 9.17) is 0 Å². The Morgan fingerprint density at radius 1 is 0.943 bits per heavy atom. The van der Waals surface area contributed by atoms with Gasteiger partial charge < -0.3 is 0 Å². The van der Waals surface area contributed by atoms with Crippen LogP contribution in [-0.4, -0.2) is 20.2 Å². The molecule has 35 heavy (non-hydrogen) atoms. The summed E-state index contributed by atoms with van der Waals surface area (Å²) in [6.45, 7) is 8.00. The fourth-order valence-corrected chi connectivity index (χ4v) is 5.99. The summed E-state index contributed by atoms with van der Waals surface area (Å²) in [5, 5.41) is 2.43. The van der Waals surface area contributed by atoms with Crippen molar-refractivity contribution in [3.63, 3.8) is 0 Å². The van der Waals surface area contributed by atoms with Crippen LogP contribution in [0, 0.1) is 20.8 Å². The van der Waals surface area contributed by atoms with Gasteiger partial charge in [0.25, 0.3) is 10.0 Å². The molecule has 2 N–H and O–H groups in total. The number of nitrogens with one attached hydrogen (secondary N) is 2. The Morgan fingerprint density at radius 2 is 1.54 bits per heavy atom. The smallest absolute Gasteiger partial charge is 0.261 e. The summed E-state index contributed by atoms with van der Waals surface area (Å²) < 4.78 is 30.7. The third-order valence-electron chi connectivity index (χ3n) is 6.74. The normalized spacial score (nSPS) is 18.3. The van der Waals surface area contributed by atoms with Crippen LogP contribution in [0.1, 0.15) is 48.7 Å². The van der Waals surface area contributed by atoms with E-state index in [1.807, 2.05) is 27.7 Å². The third kappa shape index (κ3) is 4.71. The highest BCUT2D eigenvalue weighted by Gasteiger charge is 2.42. The molecule has 0 bridgehead atoms. The highest BCUT2D eigenvalue weighted by atomic mass is 32.2. The van der Waals surface area contributed by atoms with Gasteiger partial charge in [0.1, 0.15) is 0 Å². The average Bonchev–Trinajstić information content (AvgIpc) is 2.80. The first-order valence-electron chi connectivity index (χ1n) is 11.6. The number of hydrogen-bond acceptors (Lipinski definition) is 4. The molecular formula is C27H30N3O4S+. The number of carbonyl (C=O) groups is 2. The number of aryl methyl sites for hydroxylation is 3. The van der Waals surface area contributed by atoms with Gasteiger partial charge in [0.2, 0.25) is 17.5 Å². The molecule has 1 saturated heterocycles. The monoisotopic (exact) mass is 492 g/mol. The van der Waals surface area contributed by atoms with E-state index >= 15 is 0 Å². The summed E-state index contributed by atoms with van der Waals surface area (Å²) in [7, 11) is -3.80. The summed E-state index contributed by atoms with van der Waals surface area (Å²) in [4.78, 5) is 24.3. The van der Waals surface area contributed by atoms with E-state index in [0.29, 0.717) is 18.5 Å². The molecule has 8 heteroatoms. The van der Waals surface area contributed by atoms with Gasteiger partial charge in [-0.05, 0) is 55.2 Å². The Kier molecular flexibility index (Phi) is 6.51. The molecule has 4 rings (SSSR count). The number of rotatable bonds is 6. The summed E-state index contributed by atoms with van der Waals surface area (Å²) in [6, 6.07) is 17.7. The molecular weight excluding hydrogens is 462 g/mol. The second kappa shape index (κ2) is 9.26. The van der Waals surface area contributed by atoms with Crippen molar-refractivity contribution in [3.05, 3.63) is 83.2 Å². The molecule has 0 aliphatic carbocycles. The van der Waals surface area contributed by atoms with Crippen molar-refractivity contribution in [2.45, 2.75) is 57.3 Å². The summed E-state index contributed by atoms with van der Waals surface area (Å²) >= 11 is 0. The number of pyridine rings is 1. The van der Waals surface area contributed by atoms with Crippen LogP contribution in [0.2, 0.25) is 0 Å². The molecule has 1 aliphatic heterocycles. The number of piperidine rings is 1. The zero-order valence-electron chi connectivity index (χ0n) is 20.4. The van der Waals surface area contributed by atoms with Gasteiger partial charge in [-0.25, -0.2) is 8.42 Å². The van der Waals surface area contributed by atoms with Crippen LogP contribution in [0.4, 0.5) is 5.69 Å². The molecule has 2 heterocycles. The number of benzene rings is 2. The Morgan fingerprint density at radius 3 is 2.09 bits per heavy atom. The summed E-state index contributed by atoms with van der Waals surface area (Å²) in [6.07, 6.45) is 1.26. The quantitative estimate of drug-likeness (QED) is 0.404. The van der Waals surface area contributed by atoms with E-state index in [0.717, 1.165) is 22.6 Å². The van der Waals surface area contributed by atoms with Crippen molar-refractivity contribution in [2.75, 3.05) is 4.72 Å². The van der Waals surface area contributed by atoms with Gasteiger partial charge in [0.05, 0.1) is 10.3 Å².